The lowest BCUT2D eigenvalue weighted by atomic mass is 9.86. The Morgan fingerprint density at radius 3 is 2.82 bits per heavy atom. The molecule has 1 aliphatic rings. The first-order valence-corrected chi connectivity index (χ1v) is 6.28. The van der Waals surface area contributed by atoms with Gasteiger partial charge in [-0.1, -0.05) is 48.3 Å². The maximum absolute atomic E-state index is 11.9. The number of halogens is 2. The molecular formula is C13H11Cl2NO. The van der Waals surface area contributed by atoms with E-state index in [0.29, 0.717) is 6.42 Å². The second kappa shape index (κ2) is 3.50. The van der Waals surface area contributed by atoms with Crippen LogP contribution >= 0.6 is 23.2 Å². The van der Waals surface area contributed by atoms with Crippen molar-refractivity contribution in [3.8, 4) is 0 Å². The van der Waals surface area contributed by atoms with Gasteiger partial charge in [0.05, 0.1) is 11.6 Å². The highest BCUT2D eigenvalue weighted by atomic mass is 35.5. The van der Waals surface area contributed by atoms with E-state index in [0.717, 1.165) is 22.2 Å². The van der Waals surface area contributed by atoms with Crippen LogP contribution in [0.4, 0.5) is 0 Å². The van der Waals surface area contributed by atoms with Gasteiger partial charge in [-0.15, -0.1) is 0 Å². The van der Waals surface area contributed by atoms with Gasteiger partial charge >= 0.3 is 0 Å². The summed E-state index contributed by atoms with van der Waals surface area (Å²) in [7, 11) is 0. The van der Waals surface area contributed by atoms with E-state index in [2.05, 4.69) is 4.98 Å². The zero-order valence-electron chi connectivity index (χ0n) is 9.26. The molecule has 0 spiro atoms. The van der Waals surface area contributed by atoms with Crippen molar-refractivity contribution in [2.45, 2.75) is 17.7 Å². The highest BCUT2D eigenvalue weighted by Gasteiger charge is 2.45. The van der Waals surface area contributed by atoms with Crippen LogP contribution in [0.15, 0.2) is 24.3 Å². The number of Topliss-reactive ketones (excluding diaryl/α,β-unsaturated/α-hetero) is 1. The molecule has 0 aliphatic heterocycles. The lowest BCUT2D eigenvalue weighted by Gasteiger charge is -2.30. The Morgan fingerprint density at radius 2 is 2.06 bits per heavy atom. The number of ketones is 1. The van der Waals surface area contributed by atoms with E-state index in [1.54, 1.807) is 6.92 Å². The number of hydrogen-bond acceptors (Lipinski definition) is 1. The van der Waals surface area contributed by atoms with Gasteiger partial charge in [0.25, 0.3) is 0 Å². The van der Waals surface area contributed by atoms with Gasteiger partial charge in [0.2, 0.25) is 0 Å². The van der Waals surface area contributed by atoms with E-state index >= 15 is 0 Å². The van der Waals surface area contributed by atoms with E-state index < -0.39 is 4.33 Å². The molecule has 88 valence electrons. The van der Waals surface area contributed by atoms with Crippen LogP contribution in [0.2, 0.25) is 0 Å². The maximum atomic E-state index is 11.9. The molecule has 0 saturated carbocycles. The molecule has 0 amide bonds. The summed E-state index contributed by atoms with van der Waals surface area (Å²) in [6, 6.07) is 7.84. The molecule has 17 heavy (non-hydrogen) atoms. The van der Waals surface area contributed by atoms with Gasteiger partial charge in [0.1, 0.15) is 5.78 Å². The van der Waals surface area contributed by atoms with E-state index in [4.69, 9.17) is 23.2 Å². The molecule has 0 saturated heterocycles. The number of alkyl halides is 2. The zero-order valence-corrected chi connectivity index (χ0v) is 10.8. The maximum Gasteiger partial charge on any atom is 0.167 e. The summed E-state index contributed by atoms with van der Waals surface area (Å²) in [6.45, 7) is 1.77. The number of fused-ring (bicyclic) bond motifs is 3. The summed E-state index contributed by atoms with van der Waals surface area (Å²) in [6.07, 6.45) is 0.404. The normalized spacial score (nSPS) is 22.8. The number of para-hydroxylation sites is 1. The Bertz CT molecular complexity index is 615. The standard InChI is InChI=1S/C13H11Cl2NO/c1-7-11(17)6-9-8-4-2-3-5-10(8)16-12(9)13(7,14)15/h2-5,7,16H,6H2,1H3. The van der Waals surface area contributed by atoms with E-state index in [1.165, 1.54) is 0 Å². The van der Waals surface area contributed by atoms with Crippen molar-refractivity contribution in [2.75, 3.05) is 0 Å². The SMILES string of the molecule is CC1C(=O)Cc2c([nH]c3ccccc23)C1(Cl)Cl. The summed E-state index contributed by atoms with van der Waals surface area (Å²) >= 11 is 12.7. The fourth-order valence-corrected chi connectivity index (χ4v) is 2.98. The predicted octanol–water partition coefficient (Wildman–Crippen LogP) is 3.56. The Hall–Kier alpha value is -0.990. The first-order chi connectivity index (χ1) is 8.01. The average Bonchev–Trinajstić information content (AvgIpc) is 2.67. The average molecular weight is 268 g/mol. The molecule has 1 heterocycles. The minimum Gasteiger partial charge on any atom is -0.356 e. The molecule has 1 aliphatic carbocycles. The van der Waals surface area contributed by atoms with Gasteiger partial charge in [0, 0.05) is 17.3 Å². The van der Waals surface area contributed by atoms with Crippen LogP contribution in [0.3, 0.4) is 0 Å². The molecule has 1 atom stereocenters. The zero-order chi connectivity index (χ0) is 12.2. The van der Waals surface area contributed by atoms with Crippen molar-refractivity contribution >= 4 is 39.9 Å². The number of benzene rings is 1. The third kappa shape index (κ3) is 1.44. The van der Waals surface area contributed by atoms with Crippen LogP contribution in [-0.2, 0) is 15.5 Å². The van der Waals surface area contributed by atoms with Crippen LogP contribution in [-0.4, -0.2) is 10.8 Å². The Kier molecular flexibility index (Phi) is 2.29. The minimum atomic E-state index is -1.15. The van der Waals surface area contributed by atoms with Gasteiger partial charge in [-0.25, -0.2) is 0 Å². The number of nitrogens with one attached hydrogen (secondary N) is 1. The molecule has 0 bridgehead atoms. The largest absolute Gasteiger partial charge is 0.356 e. The molecule has 0 fully saturated rings. The number of carbonyl (C=O) groups is 1. The van der Waals surface area contributed by atoms with E-state index in [1.807, 2.05) is 24.3 Å². The van der Waals surface area contributed by atoms with E-state index in [9.17, 15) is 4.79 Å². The smallest absolute Gasteiger partial charge is 0.167 e. The van der Waals surface area contributed by atoms with Gasteiger partial charge in [0.15, 0.2) is 4.33 Å². The molecular weight excluding hydrogens is 257 g/mol. The first-order valence-electron chi connectivity index (χ1n) is 5.52. The molecule has 1 unspecified atom stereocenters. The molecule has 1 aromatic heterocycles. The number of aromatic nitrogens is 1. The lowest BCUT2D eigenvalue weighted by Crippen LogP contribution is -2.35. The summed E-state index contributed by atoms with van der Waals surface area (Å²) in [5.74, 6) is -0.293. The summed E-state index contributed by atoms with van der Waals surface area (Å²) in [5, 5.41) is 1.04. The predicted molar refractivity (Wildman–Crippen MR) is 69.6 cm³/mol. The van der Waals surface area contributed by atoms with Crippen molar-refractivity contribution in [2.24, 2.45) is 5.92 Å². The fraction of sp³-hybridized carbons (Fsp3) is 0.308. The Morgan fingerprint density at radius 1 is 1.35 bits per heavy atom. The first kappa shape index (κ1) is 11.1. The molecule has 2 aromatic rings. The van der Waals surface area contributed by atoms with Crippen molar-refractivity contribution in [3.63, 3.8) is 0 Å². The molecule has 0 radical (unpaired) electrons. The number of hydrogen-bond donors (Lipinski definition) is 1. The molecule has 1 aromatic carbocycles. The fourth-order valence-electron chi connectivity index (χ4n) is 2.41. The highest BCUT2D eigenvalue weighted by molar-refractivity contribution is 6.49. The van der Waals surface area contributed by atoms with Crippen molar-refractivity contribution in [1.82, 2.24) is 4.98 Å². The van der Waals surface area contributed by atoms with Crippen molar-refractivity contribution < 1.29 is 4.79 Å². The Labute approximate surface area is 109 Å². The van der Waals surface area contributed by atoms with Crippen LogP contribution in [0.25, 0.3) is 10.9 Å². The lowest BCUT2D eigenvalue weighted by molar-refractivity contribution is -0.122. The van der Waals surface area contributed by atoms with Crippen LogP contribution < -0.4 is 0 Å². The highest BCUT2D eigenvalue weighted by Crippen LogP contribution is 2.48. The van der Waals surface area contributed by atoms with Gasteiger partial charge in [-0.05, 0) is 11.6 Å². The van der Waals surface area contributed by atoms with Gasteiger partial charge in [-0.2, -0.15) is 0 Å². The third-order valence-corrected chi connectivity index (χ3v) is 4.56. The van der Waals surface area contributed by atoms with Gasteiger partial charge in [-0.3, -0.25) is 4.79 Å². The van der Waals surface area contributed by atoms with E-state index in [-0.39, 0.29) is 11.7 Å². The van der Waals surface area contributed by atoms with Gasteiger partial charge < -0.3 is 4.98 Å². The third-order valence-electron chi connectivity index (χ3n) is 3.52. The second-order valence-electron chi connectivity index (χ2n) is 4.51. The van der Waals surface area contributed by atoms with Crippen molar-refractivity contribution in [1.29, 1.82) is 0 Å². The summed E-state index contributed by atoms with van der Waals surface area (Å²) < 4.78 is -1.15. The monoisotopic (exact) mass is 267 g/mol. The topological polar surface area (TPSA) is 32.9 Å². The minimum absolute atomic E-state index is 0.0900. The molecule has 3 rings (SSSR count). The number of aromatic amines is 1. The summed E-state index contributed by atoms with van der Waals surface area (Å²) in [5.41, 5.74) is 2.69. The number of rotatable bonds is 0. The van der Waals surface area contributed by atoms with Crippen LogP contribution in [0.1, 0.15) is 18.2 Å². The van der Waals surface area contributed by atoms with Crippen molar-refractivity contribution in [3.05, 3.63) is 35.5 Å². The number of H-pyrrole nitrogens is 1. The summed E-state index contributed by atoms with van der Waals surface area (Å²) in [4.78, 5) is 15.2. The number of carbonyl (C=O) groups excluding carboxylic acids is 1. The van der Waals surface area contributed by atoms with Crippen LogP contribution in [0, 0.1) is 5.92 Å². The molecule has 4 heteroatoms. The molecule has 2 nitrogen and oxygen atoms in total. The quantitative estimate of drug-likeness (QED) is 0.728. The Balaban J connectivity index is 2.35. The van der Waals surface area contributed by atoms with Crippen LogP contribution in [0.5, 0.6) is 0 Å². The second-order valence-corrected chi connectivity index (χ2v) is 5.90. The molecule has 1 N–H and O–H groups in total.